The van der Waals surface area contributed by atoms with Gasteiger partial charge < -0.3 is 15.2 Å². The molecule has 0 bridgehead atoms. The van der Waals surface area contributed by atoms with E-state index in [2.05, 4.69) is 22.5 Å². The lowest BCUT2D eigenvalue weighted by Gasteiger charge is -2.08. The summed E-state index contributed by atoms with van der Waals surface area (Å²) < 4.78 is 3.76. The average molecular weight is 322 g/mol. The highest BCUT2D eigenvalue weighted by molar-refractivity contribution is 5.78. The molecule has 0 aliphatic rings. The van der Waals surface area contributed by atoms with Gasteiger partial charge in [0.05, 0.1) is 6.33 Å². The molecule has 2 N–H and O–H groups in total. The highest BCUT2D eigenvalue weighted by atomic mass is 16.2. The number of aryl methyl sites for hydroxylation is 1. The van der Waals surface area contributed by atoms with Gasteiger partial charge in [-0.05, 0) is 13.0 Å². The number of nitrogens with one attached hydrogen (secondary N) is 2. The van der Waals surface area contributed by atoms with Crippen molar-refractivity contribution in [2.75, 3.05) is 19.6 Å². The normalized spacial score (nSPS) is 11.1. The third-order valence-electron chi connectivity index (χ3n) is 3.58. The van der Waals surface area contributed by atoms with E-state index >= 15 is 0 Å². The van der Waals surface area contributed by atoms with E-state index in [0.29, 0.717) is 13.1 Å². The van der Waals surface area contributed by atoms with Crippen molar-refractivity contribution in [1.29, 1.82) is 0 Å². The first-order valence-electron chi connectivity index (χ1n) is 7.55. The Balaban J connectivity index is 2.14. The summed E-state index contributed by atoms with van der Waals surface area (Å²) in [6.45, 7) is 4.18. The Kier molecular flexibility index (Phi) is 5.32. The Bertz CT molecular complexity index is 816. The smallest absolute Gasteiger partial charge is 0.332 e. The molecule has 126 valence electrons. The predicted molar refractivity (Wildman–Crippen MR) is 86.4 cm³/mol. The highest BCUT2D eigenvalue weighted by Gasteiger charge is 2.15. The summed E-state index contributed by atoms with van der Waals surface area (Å²) in [5.74, 6) is -0.210. The van der Waals surface area contributed by atoms with Crippen molar-refractivity contribution in [1.82, 2.24) is 29.3 Å². The molecule has 0 radical (unpaired) electrons. The molecule has 2 heterocycles. The molecule has 0 unspecified atom stereocenters. The van der Waals surface area contributed by atoms with Gasteiger partial charge in [-0.1, -0.05) is 6.92 Å². The fourth-order valence-electron chi connectivity index (χ4n) is 2.32. The zero-order valence-electron chi connectivity index (χ0n) is 13.6. The van der Waals surface area contributed by atoms with Gasteiger partial charge in [0, 0.05) is 27.2 Å². The van der Waals surface area contributed by atoms with Gasteiger partial charge in [-0.25, -0.2) is 9.78 Å². The van der Waals surface area contributed by atoms with Crippen LogP contribution < -0.4 is 21.9 Å². The molecular weight excluding hydrogens is 300 g/mol. The van der Waals surface area contributed by atoms with Crippen molar-refractivity contribution in [2.45, 2.75) is 19.9 Å². The van der Waals surface area contributed by atoms with E-state index in [-0.39, 0.29) is 23.6 Å². The maximum Gasteiger partial charge on any atom is 0.332 e. The molecule has 9 nitrogen and oxygen atoms in total. The van der Waals surface area contributed by atoms with Crippen LogP contribution in [0.2, 0.25) is 0 Å². The molecule has 0 aromatic carbocycles. The summed E-state index contributed by atoms with van der Waals surface area (Å²) in [5, 5.41) is 5.96. The lowest BCUT2D eigenvalue weighted by Crippen LogP contribution is -2.38. The van der Waals surface area contributed by atoms with Gasteiger partial charge in [-0.2, -0.15) is 0 Å². The third-order valence-corrected chi connectivity index (χ3v) is 3.58. The second-order valence-electron chi connectivity index (χ2n) is 5.35. The molecule has 0 aliphatic carbocycles. The second-order valence-corrected chi connectivity index (χ2v) is 5.35. The molecule has 1 amide bonds. The minimum Gasteiger partial charge on any atom is -0.353 e. The molecule has 0 fully saturated rings. The number of aromatic nitrogens is 4. The van der Waals surface area contributed by atoms with E-state index in [4.69, 9.17) is 0 Å². The molecule has 2 rings (SSSR count). The Labute approximate surface area is 132 Å². The van der Waals surface area contributed by atoms with E-state index in [1.165, 1.54) is 22.5 Å². The molecule has 2 aromatic heterocycles. The van der Waals surface area contributed by atoms with Crippen molar-refractivity contribution < 1.29 is 4.79 Å². The van der Waals surface area contributed by atoms with Crippen molar-refractivity contribution >= 4 is 17.1 Å². The number of hydrogen-bond acceptors (Lipinski definition) is 5. The van der Waals surface area contributed by atoms with Crippen molar-refractivity contribution in [3.05, 3.63) is 27.2 Å². The minimum atomic E-state index is -0.460. The van der Waals surface area contributed by atoms with Crippen LogP contribution in [0, 0.1) is 0 Å². The van der Waals surface area contributed by atoms with Crippen molar-refractivity contribution in [2.24, 2.45) is 14.1 Å². The number of fused-ring (bicyclic) bond motifs is 1. The number of hydrogen-bond donors (Lipinski definition) is 2. The largest absolute Gasteiger partial charge is 0.353 e. The van der Waals surface area contributed by atoms with E-state index in [0.717, 1.165) is 17.5 Å². The molecule has 0 saturated heterocycles. The Morgan fingerprint density at radius 3 is 2.61 bits per heavy atom. The first kappa shape index (κ1) is 16.9. The molecule has 9 heteroatoms. The van der Waals surface area contributed by atoms with Gasteiger partial charge in [0.15, 0.2) is 11.2 Å². The van der Waals surface area contributed by atoms with Crippen molar-refractivity contribution in [3.63, 3.8) is 0 Å². The first-order valence-corrected chi connectivity index (χ1v) is 7.55. The van der Waals surface area contributed by atoms with E-state index < -0.39 is 11.2 Å². The predicted octanol–water partition coefficient (Wildman–Crippen LogP) is -1.45. The maximum absolute atomic E-state index is 12.2. The number of carbonyl (C=O) groups is 1. The van der Waals surface area contributed by atoms with Crippen LogP contribution in [0.1, 0.15) is 13.3 Å². The van der Waals surface area contributed by atoms with Gasteiger partial charge in [0.2, 0.25) is 5.91 Å². The van der Waals surface area contributed by atoms with Crippen LogP contribution in [0.3, 0.4) is 0 Å². The summed E-state index contributed by atoms with van der Waals surface area (Å²) in [6.07, 6.45) is 2.44. The molecule has 0 atom stereocenters. The van der Waals surface area contributed by atoms with E-state index in [1.54, 1.807) is 7.05 Å². The van der Waals surface area contributed by atoms with Crippen LogP contribution in [0.25, 0.3) is 11.2 Å². The van der Waals surface area contributed by atoms with Crippen molar-refractivity contribution in [3.8, 4) is 0 Å². The monoisotopic (exact) mass is 322 g/mol. The van der Waals surface area contributed by atoms with Crippen LogP contribution >= 0.6 is 0 Å². The van der Waals surface area contributed by atoms with Gasteiger partial charge in [0.25, 0.3) is 5.56 Å². The zero-order chi connectivity index (χ0) is 17.0. The summed E-state index contributed by atoms with van der Waals surface area (Å²) in [4.78, 5) is 40.1. The number of imidazole rings is 1. The SMILES string of the molecule is CCCNCCNC(=O)Cn1cnc2c1c(=O)n(C)c(=O)n2C. The fourth-order valence-corrected chi connectivity index (χ4v) is 2.32. The molecule has 2 aromatic rings. The lowest BCUT2D eigenvalue weighted by molar-refractivity contribution is -0.121. The minimum absolute atomic E-state index is 0.0161. The second kappa shape index (κ2) is 7.23. The number of rotatable bonds is 7. The summed E-state index contributed by atoms with van der Waals surface area (Å²) in [6, 6.07) is 0. The summed E-state index contributed by atoms with van der Waals surface area (Å²) in [7, 11) is 2.95. The van der Waals surface area contributed by atoms with Crippen LogP contribution in [-0.2, 0) is 25.4 Å². The summed E-state index contributed by atoms with van der Waals surface area (Å²) in [5.41, 5.74) is -0.387. The van der Waals surface area contributed by atoms with E-state index in [1.807, 2.05) is 0 Å². The number of carbonyl (C=O) groups excluding carboxylic acids is 1. The van der Waals surface area contributed by atoms with Crippen LogP contribution in [0.4, 0.5) is 0 Å². The fraction of sp³-hybridized carbons (Fsp3) is 0.571. The van der Waals surface area contributed by atoms with Gasteiger partial charge in [-0.3, -0.25) is 18.7 Å². The first-order chi connectivity index (χ1) is 11.0. The Morgan fingerprint density at radius 2 is 1.91 bits per heavy atom. The van der Waals surface area contributed by atoms with Crippen LogP contribution in [-0.4, -0.2) is 44.2 Å². The number of amides is 1. The van der Waals surface area contributed by atoms with E-state index in [9.17, 15) is 14.4 Å². The standard InChI is InChI=1S/C14H22N6O3/c1-4-5-15-6-7-16-10(21)8-20-9-17-12-11(20)13(22)19(3)14(23)18(12)2/h9,15H,4-8H2,1-3H3,(H,16,21). The van der Waals surface area contributed by atoms with Gasteiger partial charge in [-0.15, -0.1) is 0 Å². The molecule has 23 heavy (non-hydrogen) atoms. The zero-order valence-corrected chi connectivity index (χ0v) is 13.6. The number of nitrogens with zero attached hydrogens (tertiary/aromatic N) is 4. The third kappa shape index (κ3) is 3.50. The molecule has 0 saturated carbocycles. The topological polar surface area (TPSA) is 103 Å². The lowest BCUT2D eigenvalue weighted by atomic mass is 10.4. The van der Waals surface area contributed by atoms with Crippen LogP contribution in [0.5, 0.6) is 0 Å². The Hall–Kier alpha value is -2.42. The average Bonchev–Trinajstić information content (AvgIpc) is 2.94. The van der Waals surface area contributed by atoms with Gasteiger partial charge in [0.1, 0.15) is 6.54 Å². The molecule has 0 aliphatic heterocycles. The quantitative estimate of drug-likeness (QED) is 0.607. The van der Waals surface area contributed by atoms with Crippen LogP contribution in [0.15, 0.2) is 15.9 Å². The maximum atomic E-state index is 12.2. The van der Waals surface area contributed by atoms with Gasteiger partial charge >= 0.3 is 5.69 Å². The molecular formula is C14H22N6O3. The highest BCUT2D eigenvalue weighted by Crippen LogP contribution is 2.04. The summed E-state index contributed by atoms with van der Waals surface area (Å²) >= 11 is 0. The Morgan fingerprint density at radius 1 is 1.17 bits per heavy atom. The molecule has 0 spiro atoms.